The lowest BCUT2D eigenvalue weighted by molar-refractivity contribution is 0.0952. The molecule has 0 spiro atoms. The summed E-state index contributed by atoms with van der Waals surface area (Å²) in [5, 5.41) is 7.76. The number of carbonyl (C=O) groups is 1. The van der Waals surface area contributed by atoms with Crippen LogP contribution in [-0.4, -0.2) is 29.2 Å². The monoisotopic (exact) mass is 353 g/mol. The lowest BCUT2D eigenvalue weighted by atomic mass is 10.1. The van der Waals surface area contributed by atoms with Crippen LogP contribution in [0.1, 0.15) is 42.2 Å². The molecule has 3 aromatic rings. The molecule has 0 atom stereocenters. The molecule has 0 aliphatic carbocycles. The van der Waals surface area contributed by atoms with E-state index in [0.29, 0.717) is 24.4 Å². The van der Waals surface area contributed by atoms with Crippen LogP contribution in [0.15, 0.2) is 47.1 Å². The van der Waals surface area contributed by atoms with Gasteiger partial charge in [-0.05, 0) is 37.5 Å². The van der Waals surface area contributed by atoms with E-state index < -0.39 is 0 Å². The van der Waals surface area contributed by atoms with E-state index in [4.69, 9.17) is 9.26 Å². The fraction of sp³-hybridized carbons (Fsp3) is 0.350. The van der Waals surface area contributed by atoms with E-state index in [-0.39, 0.29) is 5.91 Å². The minimum Gasteiger partial charge on any atom is -0.494 e. The number of amides is 1. The van der Waals surface area contributed by atoms with Crippen molar-refractivity contribution in [3.8, 4) is 5.75 Å². The summed E-state index contributed by atoms with van der Waals surface area (Å²) in [7, 11) is 0. The molecule has 0 bridgehead atoms. The quantitative estimate of drug-likeness (QED) is 0.593. The zero-order valence-corrected chi connectivity index (χ0v) is 14.9. The van der Waals surface area contributed by atoms with Crippen molar-refractivity contribution >= 4 is 17.0 Å². The van der Waals surface area contributed by atoms with E-state index >= 15 is 0 Å². The van der Waals surface area contributed by atoms with Gasteiger partial charge in [0.25, 0.3) is 11.6 Å². The van der Waals surface area contributed by atoms with Crippen LogP contribution < -0.4 is 10.1 Å². The van der Waals surface area contributed by atoms with E-state index in [0.717, 1.165) is 42.5 Å². The number of para-hydroxylation sites is 1. The molecular weight excluding hydrogens is 330 g/mol. The number of hydrogen-bond donors (Lipinski definition) is 1. The maximum atomic E-state index is 12.3. The Kier molecular flexibility index (Phi) is 6.19. The molecule has 2 heterocycles. The molecule has 0 saturated heterocycles. The third-order valence-corrected chi connectivity index (χ3v) is 4.02. The number of fused-ring (bicyclic) bond motifs is 1. The summed E-state index contributed by atoms with van der Waals surface area (Å²) >= 11 is 0. The molecule has 1 aromatic carbocycles. The van der Waals surface area contributed by atoms with Crippen molar-refractivity contribution in [3.63, 3.8) is 0 Å². The van der Waals surface area contributed by atoms with Gasteiger partial charge in [0, 0.05) is 12.7 Å². The number of aryl methyl sites for hydroxylation is 1. The van der Waals surface area contributed by atoms with Crippen LogP contribution in [0.5, 0.6) is 5.75 Å². The number of aromatic nitrogens is 2. The van der Waals surface area contributed by atoms with Gasteiger partial charge in [-0.25, -0.2) is 4.98 Å². The number of benzene rings is 1. The van der Waals surface area contributed by atoms with Gasteiger partial charge in [-0.15, -0.1) is 0 Å². The molecular formula is C20H23N3O3. The molecule has 0 aliphatic rings. The van der Waals surface area contributed by atoms with Crippen molar-refractivity contribution in [2.45, 2.75) is 32.6 Å². The standard InChI is InChI=1S/C20H23N3O3/c1-2-8-18-17-13-15(14-22-20(17)26-23-18)19(24)21-11-6-7-12-25-16-9-4-3-5-10-16/h3-5,9-10,13-14H,2,6-8,11-12H2,1H3,(H,21,24). The number of hydrogen-bond acceptors (Lipinski definition) is 5. The first-order valence-corrected chi connectivity index (χ1v) is 8.98. The molecule has 0 fully saturated rings. The topological polar surface area (TPSA) is 77.2 Å². The number of ether oxygens (including phenoxy) is 1. The maximum absolute atomic E-state index is 12.3. The van der Waals surface area contributed by atoms with Gasteiger partial charge >= 0.3 is 0 Å². The number of nitrogens with one attached hydrogen (secondary N) is 1. The number of nitrogens with zero attached hydrogens (tertiary/aromatic N) is 2. The highest BCUT2D eigenvalue weighted by atomic mass is 16.5. The smallest absolute Gasteiger partial charge is 0.257 e. The summed E-state index contributed by atoms with van der Waals surface area (Å²) in [4.78, 5) is 16.5. The second-order valence-corrected chi connectivity index (χ2v) is 6.08. The lowest BCUT2D eigenvalue weighted by Gasteiger charge is -2.07. The van der Waals surface area contributed by atoms with E-state index in [2.05, 4.69) is 22.4 Å². The van der Waals surface area contributed by atoms with Crippen molar-refractivity contribution in [1.29, 1.82) is 0 Å². The molecule has 0 radical (unpaired) electrons. The summed E-state index contributed by atoms with van der Waals surface area (Å²) < 4.78 is 10.8. The average Bonchev–Trinajstić information content (AvgIpc) is 3.08. The first-order valence-electron chi connectivity index (χ1n) is 8.98. The van der Waals surface area contributed by atoms with Crippen molar-refractivity contribution in [2.75, 3.05) is 13.2 Å². The Balaban J connectivity index is 1.44. The molecule has 0 saturated carbocycles. The zero-order valence-electron chi connectivity index (χ0n) is 14.9. The van der Waals surface area contributed by atoms with Gasteiger partial charge in [-0.3, -0.25) is 4.79 Å². The Hall–Kier alpha value is -2.89. The predicted molar refractivity (Wildman–Crippen MR) is 99.3 cm³/mol. The third kappa shape index (κ3) is 4.59. The molecule has 2 aromatic heterocycles. The molecule has 1 N–H and O–H groups in total. The molecule has 0 aliphatic heterocycles. The van der Waals surface area contributed by atoms with Crippen LogP contribution in [0, 0.1) is 0 Å². The van der Waals surface area contributed by atoms with E-state index in [1.54, 1.807) is 6.07 Å². The van der Waals surface area contributed by atoms with E-state index in [9.17, 15) is 4.79 Å². The second-order valence-electron chi connectivity index (χ2n) is 6.08. The molecule has 0 unspecified atom stereocenters. The Morgan fingerprint density at radius 3 is 2.88 bits per heavy atom. The molecule has 3 rings (SSSR count). The first kappa shape index (κ1) is 17.9. The van der Waals surface area contributed by atoms with E-state index in [1.807, 2.05) is 30.3 Å². The van der Waals surface area contributed by atoms with Gasteiger partial charge in [0.2, 0.25) is 0 Å². The van der Waals surface area contributed by atoms with Crippen LogP contribution >= 0.6 is 0 Å². The van der Waals surface area contributed by atoms with Gasteiger partial charge in [0.05, 0.1) is 23.3 Å². The number of unbranched alkanes of at least 4 members (excludes halogenated alkanes) is 1. The molecule has 26 heavy (non-hydrogen) atoms. The Bertz CT molecular complexity index is 846. The highest BCUT2D eigenvalue weighted by Crippen LogP contribution is 2.19. The van der Waals surface area contributed by atoms with Crippen molar-refractivity contribution in [3.05, 3.63) is 53.9 Å². The number of pyridine rings is 1. The predicted octanol–water partition coefficient (Wildman–Crippen LogP) is 3.76. The normalized spacial score (nSPS) is 10.8. The molecule has 6 heteroatoms. The van der Waals surface area contributed by atoms with Gasteiger partial charge < -0.3 is 14.6 Å². The highest BCUT2D eigenvalue weighted by molar-refractivity contribution is 5.96. The van der Waals surface area contributed by atoms with Gasteiger partial charge in [-0.2, -0.15) is 0 Å². The van der Waals surface area contributed by atoms with Crippen LogP contribution in [-0.2, 0) is 6.42 Å². The first-order chi connectivity index (χ1) is 12.8. The van der Waals surface area contributed by atoms with Gasteiger partial charge in [0.1, 0.15) is 5.75 Å². The average molecular weight is 353 g/mol. The van der Waals surface area contributed by atoms with Crippen LogP contribution in [0.4, 0.5) is 0 Å². The van der Waals surface area contributed by atoms with E-state index in [1.165, 1.54) is 6.20 Å². The van der Waals surface area contributed by atoms with Crippen molar-refractivity contribution < 1.29 is 14.1 Å². The third-order valence-electron chi connectivity index (χ3n) is 4.02. The van der Waals surface area contributed by atoms with Crippen molar-refractivity contribution in [2.24, 2.45) is 0 Å². The number of rotatable bonds is 9. The van der Waals surface area contributed by atoms with Crippen LogP contribution in [0.25, 0.3) is 11.1 Å². The summed E-state index contributed by atoms with van der Waals surface area (Å²) in [5.41, 5.74) is 1.85. The largest absolute Gasteiger partial charge is 0.494 e. The highest BCUT2D eigenvalue weighted by Gasteiger charge is 2.12. The molecule has 6 nitrogen and oxygen atoms in total. The molecule has 1 amide bonds. The summed E-state index contributed by atoms with van der Waals surface area (Å²) in [6, 6.07) is 11.5. The minimum absolute atomic E-state index is 0.132. The summed E-state index contributed by atoms with van der Waals surface area (Å²) in [5.74, 6) is 0.736. The van der Waals surface area contributed by atoms with Crippen LogP contribution in [0.2, 0.25) is 0 Å². The van der Waals surface area contributed by atoms with Gasteiger partial charge in [-0.1, -0.05) is 36.7 Å². The zero-order chi connectivity index (χ0) is 18.2. The van der Waals surface area contributed by atoms with Crippen molar-refractivity contribution in [1.82, 2.24) is 15.5 Å². The molecule has 136 valence electrons. The van der Waals surface area contributed by atoms with Gasteiger partial charge in [0.15, 0.2) is 0 Å². The maximum Gasteiger partial charge on any atom is 0.257 e. The SMILES string of the molecule is CCCc1noc2ncc(C(=O)NCCCCOc3ccccc3)cc12. The Labute approximate surface area is 152 Å². The second kappa shape index (κ2) is 8.99. The van der Waals surface area contributed by atoms with Crippen LogP contribution in [0.3, 0.4) is 0 Å². The minimum atomic E-state index is -0.132. The Morgan fingerprint density at radius 1 is 1.23 bits per heavy atom. The summed E-state index contributed by atoms with van der Waals surface area (Å²) in [6.45, 7) is 3.31. The Morgan fingerprint density at radius 2 is 2.08 bits per heavy atom. The fourth-order valence-corrected chi connectivity index (χ4v) is 2.66. The fourth-order valence-electron chi connectivity index (χ4n) is 2.66. The summed E-state index contributed by atoms with van der Waals surface area (Å²) in [6.07, 6.45) is 5.02. The number of carbonyl (C=O) groups excluding carboxylic acids is 1. The lowest BCUT2D eigenvalue weighted by Crippen LogP contribution is -2.24.